The summed E-state index contributed by atoms with van der Waals surface area (Å²) in [6.07, 6.45) is 3.77. The Morgan fingerprint density at radius 3 is 2.61 bits per heavy atom. The Balaban J connectivity index is 0.00000225. The van der Waals surface area contributed by atoms with E-state index in [-0.39, 0.29) is 18.3 Å². The quantitative estimate of drug-likeness (QED) is 0.700. The summed E-state index contributed by atoms with van der Waals surface area (Å²) in [5.41, 5.74) is 2.09. The lowest BCUT2D eigenvalue weighted by Crippen LogP contribution is -2.27. The number of halogens is 1. The van der Waals surface area contributed by atoms with Crippen LogP contribution in [0.25, 0.3) is 5.69 Å². The molecule has 0 radical (unpaired) electrons. The first-order valence-electron chi connectivity index (χ1n) is 9.16. The Kier molecular flexibility index (Phi) is 6.11. The number of rotatable bonds is 4. The van der Waals surface area contributed by atoms with E-state index in [1.807, 2.05) is 37.3 Å². The lowest BCUT2D eigenvalue weighted by Gasteiger charge is -2.19. The van der Waals surface area contributed by atoms with Crippen LogP contribution in [-0.2, 0) is 7.05 Å². The second-order valence-electron chi connectivity index (χ2n) is 6.80. The Hall–Kier alpha value is -2.71. The predicted octanol–water partition coefficient (Wildman–Crippen LogP) is 2.45. The first-order chi connectivity index (χ1) is 13.1. The summed E-state index contributed by atoms with van der Waals surface area (Å²) in [6, 6.07) is 9.72. The largest absolute Gasteiger partial charge is 0.317 e. The van der Waals surface area contributed by atoms with Gasteiger partial charge in [-0.2, -0.15) is 15.2 Å². The summed E-state index contributed by atoms with van der Waals surface area (Å²) < 4.78 is 3.34. The highest BCUT2D eigenvalue weighted by Crippen LogP contribution is 2.23. The van der Waals surface area contributed by atoms with Crippen molar-refractivity contribution in [2.45, 2.75) is 25.7 Å². The van der Waals surface area contributed by atoms with E-state index in [0.717, 1.165) is 37.4 Å². The fourth-order valence-electron chi connectivity index (χ4n) is 3.33. The van der Waals surface area contributed by atoms with Gasteiger partial charge in [-0.25, -0.2) is 9.36 Å². The molecule has 1 aliphatic heterocycles. The molecule has 0 unspecified atom stereocenters. The van der Waals surface area contributed by atoms with Crippen molar-refractivity contribution in [3.63, 3.8) is 0 Å². The molecule has 3 aromatic rings. The maximum atomic E-state index is 12.8. The van der Waals surface area contributed by atoms with Gasteiger partial charge >= 0.3 is 0 Å². The van der Waals surface area contributed by atoms with Crippen LogP contribution in [0.3, 0.4) is 0 Å². The SMILES string of the molecule is Cc1nn(-c2ccccc2)cc1C(=O)Nc1nc(C2CCNCC2)nn1C.Cl. The Bertz CT molecular complexity index is 945. The molecule has 0 saturated carbocycles. The number of para-hydroxylation sites is 1. The first-order valence-corrected chi connectivity index (χ1v) is 9.16. The fraction of sp³-hybridized carbons (Fsp3) is 0.368. The molecule has 0 bridgehead atoms. The maximum Gasteiger partial charge on any atom is 0.261 e. The minimum Gasteiger partial charge on any atom is -0.317 e. The lowest BCUT2D eigenvalue weighted by molar-refractivity contribution is 0.102. The van der Waals surface area contributed by atoms with E-state index in [2.05, 4.69) is 25.8 Å². The van der Waals surface area contributed by atoms with Crippen LogP contribution in [0.2, 0.25) is 0 Å². The summed E-state index contributed by atoms with van der Waals surface area (Å²) in [6.45, 7) is 3.77. The number of nitrogens with zero attached hydrogens (tertiary/aromatic N) is 5. The van der Waals surface area contributed by atoms with Gasteiger partial charge in [-0.3, -0.25) is 10.1 Å². The van der Waals surface area contributed by atoms with Gasteiger partial charge in [-0.05, 0) is 45.0 Å². The van der Waals surface area contributed by atoms with Gasteiger partial charge in [0, 0.05) is 19.2 Å². The summed E-state index contributed by atoms with van der Waals surface area (Å²) in [5, 5.41) is 15.2. The van der Waals surface area contributed by atoms with Gasteiger partial charge in [0.25, 0.3) is 5.91 Å². The average Bonchev–Trinajstić information content (AvgIpc) is 3.26. The molecule has 0 spiro atoms. The number of hydrogen-bond acceptors (Lipinski definition) is 5. The highest BCUT2D eigenvalue weighted by Gasteiger charge is 2.22. The van der Waals surface area contributed by atoms with Crippen molar-refractivity contribution in [1.82, 2.24) is 29.9 Å². The number of anilines is 1. The van der Waals surface area contributed by atoms with E-state index >= 15 is 0 Å². The third kappa shape index (κ3) is 4.07. The summed E-state index contributed by atoms with van der Waals surface area (Å²) >= 11 is 0. The average molecular weight is 402 g/mol. The minimum absolute atomic E-state index is 0. The van der Waals surface area contributed by atoms with Crippen molar-refractivity contribution in [3.05, 3.63) is 53.6 Å². The van der Waals surface area contributed by atoms with Gasteiger partial charge in [-0.15, -0.1) is 12.4 Å². The van der Waals surface area contributed by atoms with Crippen molar-refractivity contribution in [2.75, 3.05) is 18.4 Å². The second kappa shape index (κ2) is 8.53. The Morgan fingerprint density at radius 1 is 1.18 bits per heavy atom. The molecule has 28 heavy (non-hydrogen) atoms. The van der Waals surface area contributed by atoms with Crippen LogP contribution in [0.5, 0.6) is 0 Å². The second-order valence-corrected chi connectivity index (χ2v) is 6.80. The van der Waals surface area contributed by atoms with E-state index in [9.17, 15) is 4.79 Å². The van der Waals surface area contributed by atoms with Crippen LogP contribution in [-0.4, -0.2) is 43.5 Å². The molecule has 1 aromatic carbocycles. The molecule has 2 N–H and O–H groups in total. The number of carbonyl (C=O) groups is 1. The normalized spacial score (nSPS) is 14.5. The van der Waals surface area contributed by atoms with Crippen LogP contribution in [0.15, 0.2) is 36.5 Å². The van der Waals surface area contributed by atoms with Crippen molar-refractivity contribution in [3.8, 4) is 5.69 Å². The number of benzene rings is 1. The molecular weight excluding hydrogens is 378 g/mol. The van der Waals surface area contributed by atoms with E-state index < -0.39 is 0 Å². The van der Waals surface area contributed by atoms with E-state index in [0.29, 0.717) is 23.1 Å². The molecule has 4 rings (SSSR count). The minimum atomic E-state index is -0.234. The van der Waals surface area contributed by atoms with Crippen LogP contribution in [0, 0.1) is 6.92 Å². The number of aryl methyl sites for hydroxylation is 2. The molecule has 9 heteroatoms. The number of piperidine rings is 1. The molecule has 2 aromatic heterocycles. The zero-order chi connectivity index (χ0) is 18.8. The lowest BCUT2D eigenvalue weighted by atomic mass is 9.98. The standard InChI is InChI=1S/C19H23N7O.ClH/c1-13-16(12-26(23-13)15-6-4-3-5-7-15)18(27)22-19-21-17(24-25(19)2)14-8-10-20-11-9-14;/h3-7,12,14,20H,8-11H2,1-2H3,(H,21,22,24,27);1H. The van der Waals surface area contributed by atoms with Gasteiger partial charge in [0.1, 0.15) is 0 Å². The van der Waals surface area contributed by atoms with Gasteiger partial charge in [0.05, 0.1) is 16.9 Å². The molecule has 148 valence electrons. The highest BCUT2D eigenvalue weighted by atomic mass is 35.5. The number of nitrogens with one attached hydrogen (secondary N) is 2. The third-order valence-electron chi connectivity index (χ3n) is 4.87. The van der Waals surface area contributed by atoms with Gasteiger partial charge < -0.3 is 5.32 Å². The monoisotopic (exact) mass is 401 g/mol. The van der Waals surface area contributed by atoms with Gasteiger partial charge in [-0.1, -0.05) is 18.2 Å². The maximum absolute atomic E-state index is 12.8. The molecular formula is C19H24ClN7O. The molecule has 1 aliphatic rings. The summed E-state index contributed by atoms with van der Waals surface area (Å²) in [4.78, 5) is 17.3. The zero-order valence-corrected chi connectivity index (χ0v) is 16.7. The van der Waals surface area contributed by atoms with Crippen molar-refractivity contribution in [1.29, 1.82) is 0 Å². The number of aromatic nitrogens is 5. The third-order valence-corrected chi connectivity index (χ3v) is 4.87. The number of carbonyl (C=O) groups excluding carboxylic acids is 1. The molecule has 8 nitrogen and oxygen atoms in total. The molecule has 1 saturated heterocycles. The Labute approximate surface area is 169 Å². The van der Waals surface area contributed by atoms with Gasteiger partial charge in [0.15, 0.2) is 5.82 Å². The highest BCUT2D eigenvalue weighted by molar-refractivity contribution is 6.04. The van der Waals surface area contributed by atoms with E-state index in [1.54, 1.807) is 22.6 Å². The number of amides is 1. The molecule has 1 amide bonds. The summed E-state index contributed by atoms with van der Waals surface area (Å²) in [7, 11) is 1.80. The van der Waals surface area contributed by atoms with E-state index in [4.69, 9.17) is 0 Å². The van der Waals surface area contributed by atoms with Gasteiger partial charge in [0.2, 0.25) is 5.95 Å². The smallest absolute Gasteiger partial charge is 0.261 e. The van der Waals surface area contributed by atoms with Crippen LogP contribution in [0.4, 0.5) is 5.95 Å². The molecule has 1 fully saturated rings. The molecule has 3 heterocycles. The van der Waals surface area contributed by atoms with E-state index in [1.165, 1.54) is 0 Å². The van der Waals surface area contributed by atoms with Crippen LogP contribution >= 0.6 is 12.4 Å². The summed E-state index contributed by atoms with van der Waals surface area (Å²) in [5.74, 6) is 1.36. The van der Waals surface area contributed by atoms with Crippen LogP contribution < -0.4 is 10.6 Å². The fourth-order valence-corrected chi connectivity index (χ4v) is 3.33. The Morgan fingerprint density at radius 2 is 1.89 bits per heavy atom. The zero-order valence-electron chi connectivity index (χ0n) is 15.9. The number of hydrogen-bond donors (Lipinski definition) is 2. The van der Waals surface area contributed by atoms with Crippen LogP contribution in [0.1, 0.15) is 40.6 Å². The molecule has 0 atom stereocenters. The van der Waals surface area contributed by atoms with Crippen molar-refractivity contribution >= 4 is 24.3 Å². The van der Waals surface area contributed by atoms with Crippen molar-refractivity contribution in [2.24, 2.45) is 7.05 Å². The molecule has 0 aliphatic carbocycles. The predicted molar refractivity (Wildman–Crippen MR) is 109 cm³/mol. The first kappa shape index (κ1) is 20.0. The van der Waals surface area contributed by atoms with Crippen molar-refractivity contribution < 1.29 is 4.79 Å². The topological polar surface area (TPSA) is 89.7 Å².